The third-order valence-electron chi connectivity index (χ3n) is 4.41. The predicted molar refractivity (Wildman–Crippen MR) is 96.8 cm³/mol. The summed E-state index contributed by atoms with van der Waals surface area (Å²) in [6.45, 7) is 1.61. The summed E-state index contributed by atoms with van der Waals surface area (Å²) in [5.41, 5.74) is 0.994. The van der Waals surface area contributed by atoms with Gasteiger partial charge in [-0.15, -0.1) is 10.2 Å². The molecule has 1 aliphatic heterocycles. The number of rotatable bonds is 6. The van der Waals surface area contributed by atoms with E-state index >= 15 is 0 Å². The minimum Gasteiger partial charge on any atom is -0.486 e. The van der Waals surface area contributed by atoms with Gasteiger partial charge in [-0.05, 0) is 30.5 Å². The van der Waals surface area contributed by atoms with Crippen molar-refractivity contribution in [2.45, 2.75) is 30.5 Å². The molecule has 0 bridgehead atoms. The summed E-state index contributed by atoms with van der Waals surface area (Å²) in [6, 6.07) is 5.75. The highest BCUT2D eigenvalue weighted by Crippen LogP contribution is 2.39. The van der Waals surface area contributed by atoms with Gasteiger partial charge >= 0.3 is 0 Å². The highest BCUT2D eigenvalue weighted by molar-refractivity contribution is 7.99. The van der Waals surface area contributed by atoms with Crippen molar-refractivity contribution >= 4 is 17.7 Å². The lowest BCUT2D eigenvalue weighted by molar-refractivity contribution is -0.127. The number of ether oxygens (including phenoxy) is 2. The van der Waals surface area contributed by atoms with Crippen LogP contribution in [0.2, 0.25) is 0 Å². The number of fused-ring (bicyclic) bond motifs is 1. The summed E-state index contributed by atoms with van der Waals surface area (Å²) < 4.78 is 12.6. The first-order chi connectivity index (χ1) is 12.6. The molecular formula is C17H21N5O3S. The molecule has 4 rings (SSSR count). The number of carbonyl (C=O) groups excluding carboxylic acids is 1. The average Bonchev–Trinajstić information content (AvgIpc) is 3.43. The van der Waals surface area contributed by atoms with E-state index in [1.807, 2.05) is 18.2 Å². The Hall–Kier alpha value is -2.42. The molecule has 0 spiro atoms. The Morgan fingerprint density at radius 3 is 2.85 bits per heavy atom. The Morgan fingerprint density at radius 1 is 1.31 bits per heavy atom. The molecule has 8 nitrogen and oxygen atoms in total. The number of thioether (sulfide) groups is 1. The summed E-state index contributed by atoms with van der Waals surface area (Å²) in [5.74, 6) is 8.99. The first kappa shape index (κ1) is 17.0. The smallest absolute Gasteiger partial charge is 0.233 e. The van der Waals surface area contributed by atoms with E-state index in [9.17, 15) is 4.79 Å². The lowest BCUT2D eigenvalue weighted by Gasteiger charge is -2.21. The largest absolute Gasteiger partial charge is 0.486 e. The van der Waals surface area contributed by atoms with Crippen LogP contribution in [0.5, 0.6) is 11.5 Å². The quantitative estimate of drug-likeness (QED) is 0.602. The molecular weight excluding hydrogens is 354 g/mol. The molecule has 0 unspecified atom stereocenters. The van der Waals surface area contributed by atoms with Crippen molar-refractivity contribution in [2.24, 2.45) is 0 Å². The molecule has 1 aromatic carbocycles. The molecule has 0 saturated heterocycles. The Bertz CT molecular complexity index is 821. The second-order valence-corrected chi connectivity index (χ2v) is 7.44. The number of nitrogens with zero attached hydrogens (tertiary/aromatic N) is 4. The van der Waals surface area contributed by atoms with Crippen LogP contribution in [-0.4, -0.2) is 51.7 Å². The van der Waals surface area contributed by atoms with Gasteiger partial charge in [0.2, 0.25) is 11.1 Å². The molecule has 26 heavy (non-hydrogen) atoms. The van der Waals surface area contributed by atoms with Crippen LogP contribution in [0.25, 0.3) is 0 Å². The van der Waals surface area contributed by atoms with Gasteiger partial charge in [0, 0.05) is 19.5 Å². The zero-order valence-corrected chi connectivity index (χ0v) is 15.4. The number of amides is 1. The SMILES string of the molecule is CN(Cc1ccc2c(c1)OCCO2)C(=O)CSc1nnc(C2CC2)n1N. The highest BCUT2D eigenvalue weighted by Gasteiger charge is 2.30. The van der Waals surface area contributed by atoms with Crippen LogP contribution in [-0.2, 0) is 11.3 Å². The summed E-state index contributed by atoms with van der Waals surface area (Å²) >= 11 is 1.31. The van der Waals surface area contributed by atoms with Crippen LogP contribution in [0.1, 0.15) is 30.1 Å². The van der Waals surface area contributed by atoms with Crippen molar-refractivity contribution in [1.29, 1.82) is 0 Å². The number of nitrogen functional groups attached to an aromatic ring is 1. The van der Waals surface area contributed by atoms with E-state index in [4.69, 9.17) is 15.3 Å². The summed E-state index contributed by atoms with van der Waals surface area (Å²) in [4.78, 5) is 14.1. The van der Waals surface area contributed by atoms with Gasteiger partial charge in [-0.1, -0.05) is 17.8 Å². The van der Waals surface area contributed by atoms with Gasteiger partial charge in [0.25, 0.3) is 0 Å². The Kier molecular flexibility index (Phi) is 4.62. The van der Waals surface area contributed by atoms with Crippen LogP contribution < -0.4 is 15.3 Å². The van der Waals surface area contributed by atoms with Crippen LogP contribution >= 0.6 is 11.8 Å². The molecule has 1 saturated carbocycles. The maximum Gasteiger partial charge on any atom is 0.233 e. The number of carbonyl (C=O) groups is 1. The zero-order chi connectivity index (χ0) is 18.1. The molecule has 1 aromatic heterocycles. The molecule has 0 atom stereocenters. The maximum atomic E-state index is 12.4. The minimum absolute atomic E-state index is 0.000797. The Morgan fingerprint density at radius 2 is 2.08 bits per heavy atom. The van der Waals surface area contributed by atoms with Gasteiger partial charge in [-0.25, -0.2) is 4.68 Å². The number of aromatic nitrogens is 3. The van der Waals surface area contributed by atoms with Crippen LogP contribution in [0, 0.1) is 0 Å². The fourth-order valence-electron chi connectivity index (χ4n) is 2.79. The molecule has 1 fully saturated rings. The van der Waals surface area contributed by atoms with Crippen molar-refractivity contribution in [3.63, 3.8) is 0 Å². The lowest BCUT2D eigenvalue weighted by Crippen LogP contribution is -2.28. The zero-order valence-electron chi connectivity index (χ0n) is 14.6. The van der Waals surface area contributed by atoms with Crippen molar-refractivity contribution in [2.75, 3.05) is 31.9 Å². The third kappa shape index (κ3) is 3.57. The van der Waals surface area contributed by atoms with Gasteiger partial charge in [0.15, 0.2) is 17.3 Å². The molecule has 9 heteroatoms. The second kappa shape index (κ2) is 7.06. The van der Waals surface area contributed by atoms with E-state index in [0.29, 0.717) is 30.8 Å². The minimum atomic E-state index is 0.000797. The standard InChI is InChI=1S/C17H21N5O3S/c1-21(9-11-2-5-13-14(8-11)25-7-6-24-13)15(23)10-26-17-20-19-16(22(17)18)12-3-4-12/h2,5,8,12H,3-4,6-7,9-10,18H2,1H3. The van der Waals surface area contributed by atoms with E-state index in [0.717, 1.165) is 35.7 Å². The number of nitrogens with two attached hydrogens (primary N) is 1. The first-order valence-electron chi connectivity index (χ1n) is 8.57. The van der Waals surface area contributed by atoms with Gasteiger partial charge < -0.3 is 20.2 Å². The van der Waals surface area contributed by atoms with E-state index in [2.05, 4.69) is 10.2 Å². The number of hydrogen-bond donors (Lipinski definition) is 1. The summed E-state index contributed by atoms with van der Waals surface area (Å²) in [7, 11) is 1.78. The molecule has 1 amide bonds. The maximum absolute atomic E-state index is 12.4. The van der Waals surface area contributed by atoms with Crippen LogP contribution in [0.15, 0.2) is 23.4 Å². The monoisotopic (exact) mass is 375 g/mol. The predicted octanol–water partition coefficient (Wildman–Crippen LogP) is 1.39. The van der Waals surface area contributed by atoms with E-state index < -0.39 is 0 Å². The molecule has 2 aromatic rings. The lowest BCUT2D eigenvalue weighted by atomic mass is 10.2. The summed E-state index contributed by atoms with van der Waals surface area (Å²) in [5, 5.41) is 8.79. The fraction of sp³-hybridized carbons (Fsp3) is 0.471. The molecule has 2 aliphatic rings. The number of hydrogen-bond acceptors (Lipinski definition) is 7. The van der Waals surface area contributed by atoms with Gasteiger partial charge in [-0.3, -0.25) is 4.79 Å². The van der Waals surface area contributed by atoms with Crippen LogP contribution in [0.4, 0.5) is 0 Å². The molecule has 0 radical (unpaired) electrons. The molecule has 2 heterocycles. The summed E-state index contributed by atoms with van der Waals surface area (Å²) in [6.07, 6.45) is 2.22. The van der Waals surface area contributed by atoms with E-state index in [-0.39, 0.29) is 11.7 Å². The number of benzene rings is 1. The second-order valence-electron chi connectivity index (χ2n) is 6.50. The van der Waals surface area contributed by atoms with Crippen molar-refractivity contribution in [3.8, 4) is 11.5 Å². The van der Waals surface area contributed by atoms with Gasteiger partial charge in [-0.2, -0.15) is 0 Å². The third-order valence-corrected chi connectivity index (χ3v) is 5.34. The Labute approximate surface area is 155 Å². The van der Waals surface area contributed by atoms with Crippen molar-refractivity contribution in [1.82, 2.24) is 19.8 Å². The average molecular weight is 375 g/mol. The molecule has 1 aliphatic carbocycles. The normalized spacial score (nSPS) is 15.7. The first-order valence-corrected chi connectivity index (χ1v) is 9.56. The fourth-order valence-corrected chi connectivity index (χ4v) is 3.60. The van der Waals surface area contributed by atoms with E-state index in [1.165, 1.54) is 16.4 Å². The van der Waals surface area contributed by atoms with E-state index in [1.54, 1.807) is 11.9 Å². The van der Waals surface area contributed by atoms with Crippen LogP contribution in [0.3, 0.4) is 0 Å². The molecule has 2 N–H and O–H groups in total. The van der Waals surface area contributed by atoms with Crippen molar-refractivity contribution < 1.29 is 14.3 Å². The molecule has 138 valence electrons. The van der Waals surface area contributed by atoms with Gasteiger partial charge in [0.05, 0.1) is 5.75 Å². The Balaban J connectivity index is 1.33. The van der Waals surface area contributed by atoms with Crippen molar-refractivity contribution in [3.05, 3.63) is 29.6 Å². The highest BCUT2D eigenvalue weighted by atomic mass is 32.2. The topological polar surface area (TPSA) is 95.5 Å². The van der Waals surface area contributed by atoms with Gasteiger partial charge in [0.1, 0.15) is 13.2 Å².